The van der Waals surface area contributed by atoms with Crippen LogP contribution in [0.15, 0.2) is 35.5 Å². The number of nitrogens with two attached hydrogens (primary N) is 1. The molecule has 33 heavy (non-hydrogen) atoms. The van der Waals surface area contributed by atoms with Crippen molar-refractivity contribution in [2.75, 3.05) is 13.2 Å². The maximum absolute atomic E-state index is 10.1. The van der Waals surface area contributed by atoms with Gasteiger partial charge in [-0.1, -0.05) is 56.6 Å². The van der Waals surface area contributed by atoms with E-state index in [2.05, 4.69) is 32.6 Å². The Labute approximate surface area is 203 Å². The van der Waals surface area contributed by atoms with E-state index in [0.717, 1.165) is 62.9 Å². The van der Waals surface area contributed by atoms with E-state index >= 15 is 0 Å². The normalized spacial score (nSPS) is 34.1. The van der Waals surface area contributed by atoms with Gasteiger partial charge in [-0.15, -0.1) is 0 Å². The zero-order valence-corrected chi connectivity index (χ0v) is 22.0. The predicted octanol–water partition coefficient (Wildman–Crippen LogP) is 7.11. The van der Waals surface area contributed by atoms with Gasteiger partial charge in [0.2, 0.25) is 0 Å². The first-order valence-electron chi connectivity index (χ1n) is 13.8. The van der Waals surface area contributed by atoms with Crippen molar-refractivity contribution in [1.29, 1.82) is 0 Å². The summed E-state index contributed by atoms with van der Waals surface area (Å²) in [7, 11) is 0. The third-order valence-corrected chi connectivity index (χ3v) is 9.04. The molecule has 0 aromatic carbocycles. The summed E-state index contributed by atoms with van der Waals surface area (Å²) in [6.07, 6.45) is 19.2. The number of hydrogen-bond donors (Lipinski definition) is 2. The van der Waals surface area contributed by atoms with Crippen molar-refractivity contribution >= 4 is 0 Å². The van der Waals surface area contributed by atoms with Gasteiger partial charge < -0.3 is 15.6 Å². The minimum Gasteiger partial charge on any atom is -0.390 e. The van der Waals surface area contributed by atoms with Crippen molar-refractivity contribution in [3.8, 4) is 0 Å². The van der Waals surface area contributed by atoms with E-state index in [1.165, 1.54) is 49.7 Å². The van der Waals surface area contributed by atoms with Gasteiger partial charge in [0.1, 0.15) is 0 Å². The summed E-state index contributed by atoms with van der Waals surface area (Å²) in [6, 6.07) is 0. The fourth-order valence-electron chi connectivity index (χ4n) is 7.13. The van der Waals surface area contributed by atoms with E-state index in [9.17, 15) is 5.11 Å². The number of ether oxygens (including phenoxy) is 1. The van der Waals surface area contributed by atoms with Gasteiger partial charge in [0, 0.05) is 6.61 Å². The smallest absolute Gasteiger partial charge is 0.0618 e. The molecule has 188 valence electrons. The fourth-order valence-corrected chi connectivity index (χ4v) is 7.13. The summed E-state index contributed by atoms with van der Waals surface area (Å²) in [6.45, 7) is 14.8. The zero-order valence-electron chi connectivity index (χ0n) is 22.0. The van der Waals surface area contributed by atoms with Crippen LogP contribution in [0.3, 0.4) is 0 Å². The van der Waals surface area contributed by atoms with E-state index in [-0.39, 0.29) is 0 Å². The molecule has 3 fully saturated rings. The van der Waals surface area contributed by atoms with Crippen LogP contribution in [-0.2, 0) is 4.74 Å². The SMILES string of the molecule is C=C1CC[C@H](OCCCN)C/C1=C/C=C1\CCC[C@@]2(C)C1CCC2[C@H](C)CCCC(C)(C)O. The second kappa shape index (κ2) is 11.7. The fraction of sp³-hybridized carbons (Fsp3) is 0.800. The molecule has 3 saturated carbocycles. The molecule has 3 aliphatic carbocycles. The summed E-state index contributed by atoms with van der Waals surface area (Å²) >= 11 is 0. The Bertz CT molecular complexity index is 715. The van der Waals surface area contributed by atoms with Crippen LogP contribution in [0, 0.1) is 23.2 Å². The molecule has 0 aliphatic heterocycles. The summed E-state index contributed by atoms with van der Waals surface area (Å²) < 4.78 is 6.07. The average molecular weight is 458 g/mol. The van der Waals surface area contributed by atoms with Gasteiger partial charge in [-0.25, -0.2) is 0 Å². The van der Waals surface area contributed by atoms with Crippen LogP contribution in [0.25, 0.3) is 0 Å². The molecule has 0 heterocycles. The molecular weight excluding hydrogens is 406 g/mol. The molecule has 3 rings (SSSR count). The molecule has 3 nitrogen and oxygen atoms in total. The molecule has 2 unspecified atom stereocenters. The Morgan fingerprint density at radius 3 is 2.73 bits per heavy atom. The summed E-state index contributed by atoms with van der Waals surface area (Å²) in [5.41, 5.74) is 9.91. The van der Waals surface area contributed by atoms with E-state index in [4.69, 9.17) is 10.5 Å². The molecule has 0 radical (unpaired) electrons. The van der Waals surface area contributed by atoms with Crippen molar-refractivity contribution in [1.82, 2.24) is 0 Å². The Morgan fingerprint density at radius 2 is 2.00 bits per heavy atom. The van der Waals surface area contributed by atoms with Crippen LogP contribution in [0.4, 0.5) is 0 Å². The lowest BCUT2D eigenvalue weighted by Gasteiger charge is -2.44. The lowest BCUT2D eigenvalue weighted by atomic mass is 9.60. The third-order valence-electron chi connectivity index (χ3n) is 9.04. The van der Waals surface area contributed by atoms with Gasteiger partial charge in [-0.3, -0.25) is 0 Å². The molecule has 0 spiro atoms. The highest BCUT2D eigenvalue weighted by Crippen LogP contribution is 2.60. The minimum absolute atomic E-state index is 0.323. The van der Waals surface area contributed by atoms with Gasteiger partial charge in [-0.05, 0) is 113 Å². The van der Waals surface area contributed by atoms with Crippen LogP contribution in [0.1, 0.15) is 105 Å². The largest absolute Gasteiger partial charge is 0.390 e. The predicted molar refractivity (Wildman–Crippen MR) is 140 cm³/mol. The van der Waals surface area contributed by atoms with Crippen LogP contribution in [0.5, 0.6) is 0 Å². The molecule has 0 saturated heterocycles. The van der Waals surface area contributed by atoms with Crippen molar-refractivity contribution < 1.29 is 9.84 Å². The Hall–Kier alpha value is -0.900. The molecule has 0 amide bonds. The topological polar surface area (TPSA) is 55.5 Å². The minimum atomic E-state index is -0.534. The highest BCUT2D eigenvalue weighted by molar-refractivity contribution is 5.36. The van der Waals surface area contributed by atoms with E-state index in [1.54, 1.807) is 5.57 Å². The summed E-state index contributed by atoms with van der Waals surface area (Å²) in [4.78, 5) is 0. The molecular formula is C30H51NO2. The van der Waals surface area contributed by atoms with Gasteiger partial charge in [0.25, 0.3) is 0 Å². The number of hydrogen-bond acceptors (Lipinski definition) is 3. The number of allylic oxidation sites excluding steroid dienone is 4. The first kappa shape index (κ1) is 26.7. The first-order chi connectivity index (χ1) is 15.6. The molecule has 0 aromatic heterocycles. The van der Waals surface area contributed by atoms with Gasteiger partial charge in [0.15, 0.2) is 0 Å². The van der Waals surface area contributed by atoms with E-state index in [0.29, 0.717) is 18.1 Å². The van der Waals surface area contributed by atoms with Crippen molar-refractivity contribution in [3.63, 3.8) is 0 Å². The molecule has 0 bridgehead atoms. The van der Waals surface area contributed by atoms with Gasteiger partial charge in [0.05, 0.1) is 11.7 Å². The molecule has 3 N–H and O–H groups in total. The maximum atomic E-state index is 10.1. The van der Waals surface area contributed by atoms with Crippen molar-refractivity contribution in [2.45, 2.75) is 116 Å². The lowest BCUT2D eigenvalue weighted by molar-refractivity contribution is 0.0435. The van der Waals surface area contributed by atoms with E-state index in [1.807, 2.05) is 13.8 Å². The zero-order chi connectivity index (χ0) is 24.1. The summed E-state index contributed by atoms with van der Waals surface area (Å²) in [5.74, 6) is 2.29. The number of aliphatic hydroxyl groups is 1. The molecule has 0 aromatic rings. The quantitative estimate of drug-likeness (QED) is 0.344. The standard InChI is InChI=1S/C30H51NO2/c1-22-11-14-26(33-20-8-19-31)21-25(22)13-12-24-10-7-18-30(5)27(15-16-28(24)30)23(2)9-6-17-29(3,4)32/h12-13,23,26-28,32H,1,6-11,14-21,31H2,2-5H3/b24-12+,25-13-/t23-,26+,27?,28?,30-/m1/s1. The Balaban J connectivity index is 1.64. The molecule has 5 atom stereocenters. The Kier molecular flexibility index (Phi) is 9.46. The van der Waals surface area contributed by atoms with Gasteiger partial charge in [-0.2, -0.15) is 0 Å². The maximum Gasteiger partial charge on any atom is 0.0618 e. The lowest BCUT2D eigenvalue weighted by Crippen LogP contribution is -2.36. The molecule has 3 aliphatic rings. The van der Waals surface area contributed by atoms with Crippen LogP contribution in [-0.4, -0.2) is 30.0 Å². The number of rotatable bonds is 10. The van der Waals surface area contributed by atoms with Crippen LogP contribution < -0.4 is 5.73 Å². The highest BCUT2D eigenvalue weighted by atomic mass is 16.5. The van der Waals surface area contributed by atoms with E-state index < -0.39 is 5.60 Å². The first-order valence-corrected chi connectivity index (χ1v) is 13.8. The van der Waals surface area contributed by atoms with Gasteiger partial charge >= 0.3 is 0 Å². The summed E-state index contributed by atoms with van der Waals surface area (Å²) in [5, 5.41) is 10.1. The van der Waals surface area contributed by atoms with Crippen molar-refractivity contribution in [2.24, 2.45) is 28.9 Å². The Morgan fingerprint density at radius 1 is 1.21 bits per heavy atom. The monoisotopic (exact) mass is 457 g/mol. The second-order valence-corrected chi connectivity index (χ2v) is 12.2. The van der Waals surface area contributed by atoms with Crippen molar-refractivity contribution in [3.05, 3.63) is 35.5 Å². The van der Waals surface area contributed by atoms with Crippen LogP contribution in [0.2, 0.25) is 0 Å². The highest BCUT2D eigenvalue weighted by Gasteiger charge is 2.50. The second-order valence-electron chi connectivity index (χ2n) is 12.2. The third kappa shape index (κ3) is 7.05. The van der Waals surface area contributed by atoms with Crippen LogP contribution >= 0.6 is 0 Å². The molecule has 3 heteroatoms. The average Bonchev–Trinajstić information content (AvgIpc) is 3.10. The number of fused-ring (bicyclic) bond motifs is 1.